The molecule has 1 fully saturated rings. The zero-order chi connectivity index (χ0) is 19.4. The van der Waals surface area contributed by atoms with Crippen molar-refractivity contribution in [1.29, 1.82) is 5.26 Å². The first-order valence-corrected chi connectivity index (χ1v) is 9.05. The number of carbonyl (C=O) groups excluding carboxylic acids is 2. The van der Waals surface area contributed by atoms with Crippen LogP contribution in [0.5, 0.6) is 0 Å². The first-order chi connectivity index (χ1) is 11.3. The summed E-state index contributed by atoms with van der Waals surface area (Å²) in [6.45, 7) is 6.71. The molecule has 2 amide bonds. The molecule has 1 aliphatic heterocycles. The van der Waals surface area contributed by atoms with Crippen molar-refractivity contribution in [3.05, 3.63) is 23.3 Å². The van der Waals surface area contributed by atoms with E-state index in [1.54, 1.807) is 27.7 Å². The number of nitrogens with zero attached hydrogens (tertiary/aromatic N) is 2. The average Bonchev–Trinajstić information content (AvgIpc) is 2.65. The van der Waals surface area contributed by atoms with Gasteiger partial charge in [-0.05, 0) is 0 Å². The molecular weight excluding hydrogens is 410 g/mol. The Morgan fingerprint density at radius 3 is 2.16 bits per heavy atom. The Labute approximate surface area is 163 Å². The van der Waals surface area contributed by atoms with Crippen molar-refractivity contribution in [3.8, 4) is 6.07 Å². The van der Waals surface area contributed by atoms with Gasteiger partial charge in [0.1, 0.15) is 0 Å². The molecule has 1 unspecified atom stereocenters. The number of nitriles is 1. The van der Waals surface area contributed by atoms with E-state index in [2.05, 4.69) is 0 Å². The molecule has 130 valence electrons. The molecule has 2 rings (SSSR count). The van der Waals surface area contributed by atoms with Gasteiger partial charge in [0.25, 0.3) is 0 Å². The Morgan fingerprint density at radius 2 is 1.76 bits per heavy atom. The van der Waals surface area contributed by atoms with E-state index in [0.717, 1.165) is 11.0 Å². The minimum atomic E-state index is -4.73. The van der Waals surface area contributed by atoms with Crippen LogP contribution >= 0.6 is 0 Å². The summed E-state index contributed by atoms with van der Waals surface area (Å²) in [6.07, 6.45) is -4.34. The molecule has 1 saturated heterocycles. The van der Waals surface area contributed by atoms with Crippen LogP contribution in [0, 0.1) is 22.2 Å². The van der Waals surface area contributed by atoms with E-state index >= 15 is 0 Å². The third-order valence-electron chi connectivity index (χ3n) is 5.37. The Hall–Kier alpha value is -1.26. The summed E-state index contributed by atoms with van der Waals surface area (Å²) >= 11 is 0.0108. The van der Waals surface area contributed by atoms with Gasteiger partial charge in [-0.1, -0.05) is 0 Å². The Balaban J connectivity index is 2.75. The van der Waals surface area contributed by atoms with Crippen molar-refractivity contribution >= 4 is 19.9 Å². The maximum atomic E-state index is 13.4. The summed E-state index contributed by atoms with van der Waals surface area (Å²) in [5.74, 6) is -1.02. The zero-order valence-electron chi connectivity index (χ0n) is 14.3. The molecule has 1 aliphatic rings. The van der Waals surface area contributed by atoms with Gasteiger partial charge in [-0.25, -0.2) is 0 Å². The Morgan fingerprint density at radius 1 is 1.20 bits per heavy atom. The van der Waals surface area contributed by atoms with Crippen molar-refractivity contribution in [2.75, 3.05) is 4.90 Å². The number of benzene rings is 1. The fraction of sp³-hybridized carbons (Fsp3) is 0.471. The number of anilines is 1. The third kappa shape index (κ3) is 2.74. The maximum absolute atomic E-state index is 13.4. The molecule has 1 aromatic carbocycles. The molecule has 0 bridgehead atoms. The number of halogens is 3. The number of amides is 2. The second-order valence-corrected chi connectivity index (χ2v) is 8.21. The molecule has 0 N–H and O–H groups in total. The van der Waals surface area contributed by atoms with Gasteiger partial charge < -0.3 is 0 Å². The molecular formula is C17H16F3N2O2Y. The monoisotopic (exact) mass is 426 g/mol. The number of imide groups is 1. The molecule has 8 heteroatoms. The van der Waals surface area contributed by atoms with Gasteiger partial charge in [0.2, 0.25) is 0 Å². The van der Waals surface area contributed by atoms with E-state index in [0.29, 0.717) is 6.42 Å². The SMILES string of the molecule is CCC1(C)C(=O)N(c2ccc(C#N)c(C(F)(F)F)[c]2[Y])C(=O)C1(C)C. The number of hydrogen-bond donors (Lipinski definition) is 0. The molecule has 0 saturated carbocycles. The van der Waals surface area contributed by atoms with Crippen LogP contribution < -0.4 is 7.27 Å². The molecule has 1 atom stereocenters. The number of hydrogen-bond acceptors (Lipinski definition) is 3. The van der Waals surface area contributed by atoms with E-state index in [1.165, 1.54) is 12.1 Å². The quantitative estimate of drug-likeness (QED) is 0.684. The summed E-state index contributed by atoms with van der Waals surface area (Å²) in [5.41, 5.74) is -3.65. The molecule has 25 heavy (non-hydrogen) atoms. The van der Waals surface area contributed by atoms with Crippen molar-refractivity contribution in [3.63, 3.8) is 0 Å². The van der Waals surface area contributed by atoms with Gasteiger partial charge in [0.05, 0.1) is 0 Å². The van der Waals surface area contributed by atoms with E-state index in [9.17, 15) is 22.8 Å². The molecule has 0 radical (unpaired) electrons. The van der Waals surface area contributed by atoms with Crippen LogP contribution in [0.1, 0.15) is 45.2 Å². The summed E-state index contributed by atoms with van der Waals surface area (Å²) < 4.78 is 40.1. The summed E-state index contributed by atoms with van der Waals surface area (Å²) in [4.78, 5) is 26.7. The molecule has 1 aromatic rings. The summed E-state index contributed by atoms with van der Waals surface area (Å²) in [6, 6.07) is 3.83. The number of alkyl halides is 3. The van der Waals surface area contributed by atoms with Crippen LogP contribution in [0.4, 0.5) is 18.9 Å². The second-order valence-electron chi connectivity index (χ2n) is 6.79. The molecule has 4 nitrogen and oxygen atoms in total. The van der Waals surface area contributed by atoms with Crippen molar-refractivity contribution in [1.82, 2.24) is 0 Å². The van der Waals surface area contributed by atoms with Crippen molar-refractivity contribution in [2.24, 2.45) is 10.8 Å². The second kappa shape index (κ2) is 6.17. The van der Waals surface area contributed by atoms with Crippen molar-refractivity contribution < 1.29 is 53.7 Å². The topological polar surface area (TPSA) is 61.2 Å². The third-order valence-corrected chi connectivity index (χ3v) is 6.80. The van der Waals surface area contributed by atoms with Crippen LogP contribution in [0.2, 0.25) is 0 Å². The predicted molar refractivity (Wildman–Crippen MR) is 80.5 cm³/mol. The predicted octanol–water partition coefficient (Wildman–Crippen LogP) is 3.06. The Bertz CT molecular complexity index is 811. The summed E-state index contributed by atoms with van der Waals surface area (Å²) in [5, 5.41) is 8.99. The van der Waals surface area contributed by atoms with Gasteiger partial charge >= 0.3 is 164 Å². The van der Waals surface area contributed by atoms with Crippen LogP contribution in [-0.2, 0) is 46.7 Å². The van der Waals surface area contributed by atoms with E-state index in [4.69, 9.17) is 5.26 Å². The van der Waals surface area contributed by atoms with Gasteiger partial charge in [-0.15, -0.1) is 0 Å². The number of carbonyl (C=O) groups is 2. The fourth-order valence-electron chi connectivity index (χ4n) is 3.14. The average molecular weight is 426 g/mol. The normalized spacial score (nSPS) is 23.0. The van der Waals surface area contributed by atoms with Gasteiger partial charge in [0.15, 0.2) is 0 Å². The first-order valence-electron chi connectivity index (χ1n) is 7.63. The van der Waals surface area contributed by atoms with Gasteiger partial charge in [0, 0.05) is 0 Å². The summed E-state index contributed by atoms with van der Waals surface area (Å²) in [7, 11) is 0. The molecule has 0 spiro atoms. The van der Waals surface area contributed by atoms with E-state index in [1.807, 2.05) is 0 Å². The molecule has 1 heterocycles. The van der Waals surface area contributed by atoms with E-state index < -0.39 is 39.9 Å². The molecule has 0 aliphatic carbocycles. The van der Waals surface area contributed by atoms with E-state index in [-0.39, 0.29) is 39.0 Å². The number of rotatable bonds is 2. The first kappa shape index (κ1) is 20.1. The minimum absolute atomic E-state index is 0.0108. The zero-order valence-corrected chi connectivity index (χ0v) is 17.1. The molecule has 0 aromatic heterocycles. The van der Waals surface area contributed by atoms with Crippen LogP contribution in [0.3, 0.4) is 0 Å². The van der Waals surface area contributed by atoms with Crippen molar-refractivity contribution in [2.45, 2.75) is 40.3 Å². The van der Waals surface area contributed by atoms with Crippen LogP contribution in [0.25, 0.3) is 0 Å². The van der Waals surface area contributed by atoms with Crippen LogP contribution in [-0.4, -0.2) is 11.8 Å². The fourth-order valence-corrected chi connectivity index (χ4v) is 4.47. The van der Waals surface area contributed by atoms with Crippen LogP contribution in [0.15, 0.2) is 12.1 Å². The standard InChI is InChI=1S/C17H16F3N2O2.Y/c1-5-16(4)14(24)22(13(23)15(16,2)3)11-7-6-10(9-21)12(8-11)17(18,19)20;/h6-7H,5H2,1-4H3;. The Kier molecular flexibility index (Phi) is 4.95. The van der Waals surface area contributed by atoms with Gasteiger partial charge in [-0.2, -0.15) is 0 Å². The van der Waals surface area contributed by atoms with Gasteiger partial charge in [-0.3, -0.25) is 0 Å².